The smallest absolute Gasteiger partial charge is 0.207 e. The Kier molecular flexibility index (Phi) is 4.31. The van der Waals surface area contributed by atoms with Crippen molar-refractivity contribution in [2.45, 2.75) is 17.1 Å². The monoisotopic (exact) mass is 291 g/mol. The van der Waals surface area contributed by atoms with E-state index in [1.807, 2.05) is 19.1 Å². The second-order valence-corrected chi connectivity index (χ2v) is 5.80. The summed E-state index contributed by atoms with van der Waals surface area (Å²) in [6.07, 6.45) is 0. The van der Waals surface area contributed by atoms with Crippen molar-refractivity contribution in [2.75, 3.05) is 13.6 Å². The number of sulfonamides is 1. The topological polar surface area (TPSA) is 37.4 Å². The fraction of sp³-hybridized carbons (Fsp3) is 0.400. The molecule has 84 valence electrons. The molecule has 0 N–H and O–H groups in total. The van der Waals surface area contributed by atoms with Crippen LogP contribution in [0.2, 0.25) is 0 Å². The van der Waals surface area contributed by atoms with Gasteiger partial charge in [-0.15, -0.1) is 0 Å². The van der Waals surface area contributed by atoms with E-state index in [0.29, 0.717) is 11.4 Å². The molecule has 3 nitrogen and oxygen atoms in total. The van der Waals surface area contributed by atoms with Gasteiger partial charge in [-0.25, -0.2) is 12.7 Å². The molecule has 0 atom stereocenters. The van der Waals surface area contributed by atoms with Gasteiger partial charge in [0.2, 0.25) is 10.0 Å². The van der Waals surface area contributed by atoms with E-state index in [1.54, 1.807) is 19.2 Å². The Morgan fingerprint density at radius 2 is 1.80 bits per heavy atom. The zero-order valence-electron chi connectivity index (χ0n) is 8.77. The maximum Gasteiger partial charge on any atom is 0.242 e. The third-order valence-electron chi connectivity index (χ3n) is 2.23. The summed E-state index contributed by atoms with van der Waals surface area (Å²) < 4.78 is 25.1. The molecule has 0 amide bonds. The summed E-state index contributed by atoms with van der Waals surface area (Å²) in [4.78, 5) is 0.344. The fourth-order valence-corrected chi connectivity index (χ4v) is 2.65. The molecule has 0 aromatic heterocycles. The summed E-state index contributed by atoms with van der Waals surface area (Å²) in [5.41, 5.74) is 1.06. The molecule has 0 aliphatic carbocycles. The van der Waals surface area contributed by atoms with E-state index < -0.39 is 10.0 Å². The van der Waals surface area contributed by atoms with E-state index in [9.17, 15) is 8.42 Å². The van der Waals surface area contributed by atoms with Crippen molar-refractivity contribution in [3.05, 3.63) is 29.8 Å². The van der Waals surface area contributed by atoms with Crippen LogP contribution in [0.5, 0.6) is 0 Å². The molecule has 0 radical (unpaired) electrons. The number of hydrogen-bond acceptors (Lipinski definition) is 2. The van der Waals surface area contributed by atoms with E-state index in [2.05, 4.69) is 15.9 Å². The van der Waals surface area contributed by atoms with Crippen LogP contribution in [-0.2, 0) is 15.4 Å². The average molecular weight is 292 g/mol. The van der Waals surface area contributed by atoms with E-state index >= 15 is 0 Å². The summed E-state index contributed by atoms with van der Waals surface area (Å²) in [5, 5.41) is 0.733. The molecule has 0 heterocycles. The number of halogens is 1. The lowest BCUT2D eigenvalue weighted by Crippen LogP contribution is -2.26. The Morgan fingerprint density at radius 3 is 2.20 bits per heavy atom. The van der Waals surface area contributed by atoms with Gasteiger partial charge in [0.15, 0.2) is 0 Å². The summed E-state index contributed by atoms with van der Waals surface area (Å²) in [6, 6.07) is 6.90. The van der Waals surface area contributed by atoms with Gasteiger partial charge in [0, 0.05) is 18.9 Å². The highest BCUT2D eigenvalue weighted by atomic mass is 79.9. The lowest BCUT2D eigenvalue weighted by molar-refractivity contribution is 0.486. The molecule has 0 aliphatic heterocycles. The van der Waals surface area contributed by atoms with Crippen LogP contribution in [0.25, 0.3) is 0 Å². The van der Waals surface area contributed by atoms with Crippen LogP contribution < -0.4 is 0 Å². The van der Waals surface area contributed by atoms with E-state index in [4.69, 9.17) is 0 Å². The maximum atomic E-state index is 11.9. The lowest BCUT2D eigenvalue weighted by Gasteiger charge is -2.14. The molecule has 1 aromatic carbocycles. The van der Waals surface area contributed by atoms with Crippen LogP contribution in [0.3, 0.4) is 0 Å². The minimum absolute atomic E-state index is 0.344. The van der Waals surface area contributed by atoms with Crippen molar-refractivity contribution in [3.63, 3.8) is 0 Å². The van der Waals surface area contributed by atoms with Crippen LogP contribution in [0, 0.1) is 0 Å². The van der Waals surface area contributed by atoms with Crippen molar-refractivity contribution in [1.82, 2.24) is 4.31 Å². The van der Waals surface area contributed by atoms with Gasteiger partial charge in [-0.05, 0) is 17.7 Å². The molecule has 0 unspecified atom stereocenters. The van der Waals surface area contributed by atoms with Crippen LogP contribution in [0.15, 0.2) is 29.2 Å². The van der Waals surface area contributed by atoms with Gasteiger partial charge in [-0.1, -0.05) is 35.0 Å². The minimum atomic E-state index is -3.30. The summed E-state index contributed by atoms with van der Waals surface area (Å²) in [5.74, 6) is 0. The third-order valence-corrected chi connectivity index (χ3v) is 4.83. The van der Waals surface area contributed by atoms with Crippen LogP contribution in [0.4, 0.5) is 0 Å². The normalized spacial score (nSPS) is 12.0. The standard InChI is InChI=1S/C10H14BrNO2S/c1-3-12(2)15(13,14)10-6-4-9(8-11)5-7-10/h4-7H,3,8H2,1-2H3. The van der Waals surface area contributed by atoms with Crippen molar-refractivity contribution in [2.24, 2.45) is 0 Å². The highest BCUT2D eigenvalue weighted by molar-refractivity contribution is 9.08. The number of alkyl halides is 1. The molecule has 1 aromatic rings. The Bertz CT molecular complexity index is 414. The van der Waals surface area contributed by atoms with Gasteiger partial charge in [-0.2, -0.15) is 0 Å². The number of rotatable bonds is 4. The molecular formula is C10H14BrNO2S. The Labute approximate surface area is 99.3 Å². The van der Waals surface area contributed by atoms with Crippen molar-refractivity contribution < 1.29 is 8.42 Å². The lowest BCUT2D eigenvalue weighted by atomic mass is 10.2. The molecule has 0 saturated carbocycles. The summed E-state index contributed by atoms with van der Waals surface area (Å²) in [6.45, 7) is 2.28. The van der Waals surface area contributed by atoms with Crippen LogP contribution >= 0.6 is 15.9 Å². The average Bonchev–Trinajstić information content (AvgIpc) is 2.28. The van der Waals surface area contributed by atoms with Gasteiger partial charge in [0.25, 0.3) is 0 Å². The van der Waals surface area contributed by atoms with E-state index in [0.717, 1.165) is 10.9 Å². The number of hydrogen-bond donors (Lipinski definition) is 0. The van der Waals surface area contributed by atoms with Crippen LogP contribution in [-0.4, -0.2) is 26.3 Å². The van der Waals surface area contributed by atoms with Gasteiger partial charge in [0.05, 0.1) is 4.90 Å². The first kappa shape index (κ1) is 12.7. The van der Waals surface area contributed by atoms with E-state index in [1.165, 1.54) is 4.31 Å². The predicted molar refractivity (Wildman–Crippen MR) is 64.6 cm³/mol. The third kappa shape index (κ3) is 2.80. The molecule has 0 spiro atoms. The second kappa shape index (κ2) is 5.09. The first-order valence-corrected chi connectivity index (χ1v) is 7.19. The SMILES string of the molecule is CCN(C)S(=O)(=O)c1ccc(CBr)cc1. The summed E-state index contributed by atoms with van der Waals surface area (Å²) >= 11 is 3.32. The highest BCUT2D eigenvalue weighted by Gasteiger charge is 2.18. The Morgan fingerprint density at radius 1 is 1.27 bits per heavy atom. The van der Waals surface area contributed by atoms with Gasteiger partial charge >= 0.3 is 0 Å². The molecule has 0 aliphatic rings. The molecule has 5 heteroatoms. The molecule has 0 saturated heterocycles. The maximum absolute atomic E-state index is 11.9. The Hall–Kier alpha value is -0.390. The first-order chi connectivity index (χ1) is 7.02. The quantitative estimate of drug-likeness (QED) is 0.798. The molecule has 1 rings (SSSR count). The highest BCUT2D eigenvalue weighted by Crippen LogP contribution is 2.15. The molecular weight excluding hydrogens is 278 g/mol. The zero-order chi connectivity index (χ0) is 11.5. The van der Waals surface area contributed by atoms with Crippen molar-refractivity contribution in [1.29, 1.82) is 0 Å². The van der Waals surface area contributed by atoms with Crippen LogP contribution in [0.1, 0.15) is 12.5 Å². The van der Waals surface area contributed by atoms with Gasteiger partial charge in [0.1, 0.15) is 0 Å². The first-order valence-electron chi connectivity index (χ1n) is 4.63. The largest absolute Gasteiger partial charge is 0.242 e. The van der Waals surface area contributed by atoms with Gasteiger partial charge < -0.3 is 0 Å². The minimum Gasteiger partial charge on any atom is -0.207 e. The zero-order valence-corrected chi connectivity index (χ0v) is 11.2. The van der Waals surface area contributed by atoms with Crippen molar-refractivity contribution in [3.8, 4) is 0 Å². The Balaban J connectivity index is 3.06. The predicted octanol–water partition coefficient (Wildman–Crippen LogP) is 2.22. The second-order valence-electron chi connectivity index (χ2n) is 3.20. The van der Waals surface area contributed by atoms with Crippen molar-refractivity contribution >= 4 is 26.0 Å². The molecule has 15 heavy (non-hydrogen) atoms. The number of benzene rings is 1. The van der Waals surface area contributed by atoms with E-state index in [-0.39, 0.29) is 0 Å². The molecule has 0 bridgehead atoms. The fourth-order valence-electron chi connectivity index (χ4n) is 1.10. The van der Waals surface area contributed by atoms with Gasteiger partial charge in [-0.3, -0.25) is 0 Å². The summed E-state index contributed by atoms with van der Waals surface area (Å²) in [7, 11) is -1.72. The molecule has 0 fully saturated rings. The number of nitrogens with zero attached hydrogens (tertiary/aromatic N) is 1.